The van der Waals surface area contributed by atoms with Gasteiger partial charge in [-0.1, -0.05) is 12.8 Å². The highest BCUT2D eigenvalue weighted by molar-refractivity contribution is 7.89. The third kappa shape index (κ3) is 4.80. The smallest absolute Gasteiger partial charge is 0.255 e. The van der Waals surface area contributed by atoms with Crippen LogP contribution in [0.5, 0.6) is 5.75 Å². The number of carbonyl (C=O) groups is 1. The standard InChI is InChI=1S/C19H28N2O5S/c1-25-18-9-8-16(27(23,24)21-10-4-2-3-5-11-21)13-17(18)19(22)20-14-15-7-6-12-26-15/h8-9,13,15H,2-7,10-12,14H2,1H3,(H,20,22)/t15-/m1/s1. The first kappa shape index (κ1) is 20.1. The van der Waals surface area contributed by atoms with E-state index in [0.29, 0.717) is 32.0 Å². The maximum absolute atomic E-state index is 13.0. The molecule has 0 radical (unpaired) electrons. The van der Waals surface area contributed by atoms with Crippen molar-refractivity contribution in [1.82, 2.24) is 9.62 Å². The predicted molar refractivity (Wildman–Crippen MR) is 102 cm³/mol. The molecule has 1 aromatic rings. The Morgan fingerprint density at radius 2 is 1.96 bits per heavy atom. The second-order valence-corrected chi connectivity index (χ2v) is 8.96. The molecule has 150 valence electrons. The number of ether oxygens (including phenoxy) is 2. The number of hydrogen-bond donors (Lipinski definition) is 1. The van der Waals surface area contributed by atoms with Crippen LogP contribution in [0.1, 0.15) is 48.9 Å². The lowest BCUT2D eigenvalue weighted by molar-refractivity contribution is 0.0855. The van der Waals surface area contributed by atoms with Gasteiger partial charge in [-0.05, 0) is 43.9 Å². The molecule has 0 aromatic heterocycles. The summed E-state index contributed by atoms with van der Waals surface area (Å²) < 4.78 is 38.3. The lowest BCUT2D eigenvalue weighted by Crippen LogP contribution is -2.33. The predicted octanol–water partition coefficient (Wildman–Crippen LogP) is 2.17. The van der Waals surface area contributed by atoms with Gasteiger partial charge >= 0.3 is 0 Å². The van der Waals surface area contributed by atoms with Crippen LogP contribution in [0.25, 0.3) is 0 Å². The Balaban J connectivity index is 1.80. The van der Waals surface area contributed by atoms with E-state index in [0.717, 1.165) is 38.5 Å². The molecule has 0 aliphatic carbocycles. The van der Waals surface area contributed by atoms with Crippen LogP contribution in [-0.4, -0.2) is 58.1 Å². The number of nitrogens with zero attached hydrogens (tertiary/aromatic N) is 1. The SMILES string of the molecule is COc1ccc(S(=O)(=O)N2CCCCCC2)cc1C(=O)NC[C@H]1CCCO1. The summed E-state index contributed by atoms with van der Waals surface area (Å²) >= 11 is 0. The van der Waals surface area contributed by atoms with E-state index in [1.165, 1.54) is 23.5 Å². The van der Waals surface area contributed by atoms with E-state index in [4.69, 9.17) is 9.47 Å². The highest BCUT2D eigenvalue weighted by atomic mass is 32.2. The van der Waals surface area contributed by atoms with E-state index >= 15 is 0 Å². The molecule has 1 atom stereocenters. The molecule has 7 nitrogen and oxygen atoms in total. The van der Waals surface area contributed by atoms with E-state index in [1.807, 2.05) is 0 Å². The third-order valence-corrected chi connectivity index (χ3v) is 7.03. The Morgan fingerprint density at radius 1 is 1.22 bits per heavy atom. The van der Waals surface area contributed by atoms with Crippen LogP contribution in [-0.2, 0) is 14.8 Å². The summed E-state index contributed by atoms with van der Waals surface area (Å²) in [6, 6.07) is 4.48. The van der Waals surface area contributed by atoms with Crippen molar-refractivity contribution >= 4 is 15.9 Å². The summed E-state index contributed by atoms with van der Waals surface area (Å²) in [5, 5.41) is 2.83. The normalized spacial score (nSPS) is 21.6. The Labute approximate surface area is 161 Å². The summed E-state index contributed by atoms with van der Waals surface area (Å²) in [5.74, 6) is 0.00456. The van der Waals surface area contributed by atoms with E-state index in [-0.39, 0.29) is 22.5 Å². The number of nitrogens with one attached hydrogen (secondary N) is 1. The Morgan fingerprint density at radius 3 is 2.59 bits per heavy atom. The van der Waals surface area contributed by atoms with E-state index < -0.39 is 10.0 Å². The zero-order chi connectivity index (χ0) is 19.3. The summed E-state index contributed by atoms with van der Waals surface area (Å²) in [6.45, 7) is 2.17. The van der Waals surface area contributed by atoms with Gasteiger partial charge in [-0.25, -0.2) is 8.42 Å². The van der Waals surface area contributed by atoms with Crippen LogP contribution in [0, 0.1) is 0 Å². The minimum absolute atomic E-state index is 0.0176. The summed E-state index contributed by atoms with van der Waals surface area (Å²) in [5.41, 5.74) is 0.228. The molecule has 1 aromatic carbocycles. The molecular weight excluding hydrogens is 368 g/mol. The molecule has 1 N–H and O–H groups in total. The van der Waals surface area contributed by atoms with Gasteiger partial charge in [0.2, 0.25) is 10.0 Å². The number of benzene rings is 1. The van der Waals surface area contributed by atoms with Gasteiger partial charge in [0.05, 0.1) is 23.7 Å². The Bertz CT molecular complexity index is 751. The van der Waals surface area contributed by atoms with Crippen molar-refractivity contribution in [3.8, 4) is 5.75 Å². The van der Waals surface area contributed by atoms with Gasteiger partial charge in [0.1, 0.15) is 5.75 Å². The minimum Gasteiger partial charge on any atom is -0.496 e. The van der Waals surface area contributed by atoms with Crippen molar-refractivity contribution in [2.75, 3.05) is 33.4 Å². The van der Waals surface area contributed by atoms with Crippen molar-refractivity contribution in [1.29, 1.82) is 0 Å². The number of carbonyl (C=O) groups excluding carboxylic acids is 1. The highest BCUT2D eigenvalue weighted by Gasteiger charge is 2.27. The first-order valence-corrected chi connectivity index (χ1v) is 11.0. The van der Waals surface area contributed by atoms with Crippen LogP contribution < -0.4 is 10.1 Å². The fraction of sp³-hybridized carbons (Fsp3) is 0.632. The molecule has 2 fully saturated rings. The topological polar surface area (TPSA) is 84.9 Å². The number of methoxy groups -OCH3 is 1. The maximum Gasteiger partial charge on any atom is 0.255 e. The Kier molecular flexibility index (Phi) is 6.73. The Hall–Kier alpha value is -1.64. The van der Waals surface area contributed by atoms with E-state index in [2.05, 4.69) is 5.32 Å². The lowest BCUT2D eigenvalue weighted by atomic mass is 10.1. The third-order valence-electron chi connectivity index (χ3n) is 5.13. The molecule has 0 spiro atoms. The molecule has 1 amide bonds. The van der Waals surface area contributed by atoms with E-state index in [9.17, 15) is 13.2 Å². The molecule has 3 rings (SSSR count). The van der Waals surface area contributed by atoms with Gasteiger partial charge < -0.3 is 14.8 Å². The summed E-state index contributed by atoms with van der Waals surface area (Å²) in [4.78, 5) is 12.8. The van der Waals surface area contributed by atoms with Crippen molar-refractivity contribution in [2.45, 2.75) is 49.5 Å². The first-order chi connectivity index (χ1) is 13.0. The van der Waals surface area contributed by atoms with Gasteiger partial charge in [0, 0.05) is 26.2 Å². The molecule has 2 heterocycles. The quantitative estimate of drug-likeness (QED) is 0.797. The molecule has 2 aliphatic rings. The molecule has 0 unspecified atom stereocenters. The van der Waals surface area contributed by atoms with Gasteiger partial charge in [-0.3, -0.25) is 4.79 Å². The van der Waals surface area contributed by atoms with Crippen molar-refractivity contribution in [3.63, 3.8) is 0 Å². The number of sulfonamides is 1. The van der Waals surface area contributed by atoms with Crippen LogP contribution in [0.4, 0.5) is 0 Å². The van der Waals surface area contributed by atoms with Crippen molar-refractivity contribution < 1.29 is 22.7 Å². The number of amides is 1. The first-order valence-electron chi connectivity index (χ1n) is 9.60. The molecular formula is C19H28N2O5S. The monoisotopic (exact) mass is 396 g/mol. The molecule has 2 saturated heterocycles. The highest BCUT2D eigenvalue weighted by Crippen LogP contribution is 2.26. The van der Waals surface area contributed by atoms with Crippen LogP contribution in [0.3, 0.4) is 0 Å². The van der Waals surface area contributed by atoms with Crippen molar-refractivity contribution in [2.24, 2.45) is 0 Å². The fourth-order valence-corrected chi connectivity index (χ4v) is 5.11. The second kappa shape index (κ2) is 9.03. The number of hydrogen-bond acceptors (Lipinski definition) is 5. The average molecular weight is 397 g/mol. The number of rotatable bonds is 6. The molecule has 2 aliphatic heterocycles. The van der Waals surface area contributed by atoms with Crippen LogP contribution in [0.2, 0.25) is 0 Å². The zero-order valence-corrected chi connectivity index (χ0v) is 16.6. The van der Waals surface area contributed by atoms with Crippen LogP contribution in [0.15, 0.2) is 23.1 Å². The molecule has 0 bridgehead atoms. The molecule has 0 saturated carbocycles. The van der Waals surface area contributed by atoms with Gasteiger partial charge in [0.25, 0.3) is 5.91 Å². The summed E-state index contributed by atoms with van der Waals surface area (Å²) in [6.07, 6.45) is 5.75. The van der Waals surface area contributed by atoms with Crippen molar-refractivity contribution in [3.05, 3.63) is 23.8 Å². The average Bonchev–Trinajstić information content (AvgIpc) is 3.04. The largest absolute Gasteiger partial charge is 0.496 e. The van der Waals surface area contributed by atoms with Gasteiger partial charge in [-0.15, -0.1) is 0 Å². The maximum atomic E-state index is 13.0. The fourth-order valence-electron chi connectivity index (χ4n) is 3.56. The zero-order valence-electron chi connectivity index (χ0n) is 15.8. The lowest BCUT2D eigenvalue weighted by Gasteiger charge is -2.21. The van der Waals surface area contributed by atoms with Gasteiger partial charge in [0.15, 0.2) is 0 Å². The van der Waals surface area contributed by atoms with E-state index in [1.54, 1.807) is 6.07 Å². The van der Waals surface area contributed by atoms with Crippen LogP contribution >= 0.6 is 0 Å². The molecule has 8 heteroatoms. The minimum atomic E-state index is -3.62. The van der Waals surface area contributed by atoms with Gasteiger partial charge in [-0.2, -0.15) is 4.31 Å². The summed E-state index contributed by atoms with van der Waals surface area (Å²) in [7, 11) is -2.16. The second-order valence-electron chi connectivity index (χ2n) is 7.03. The molecule has 27 heavy (non-hydrogen) atoms.